The van der Waals surface area contributed by atoms with Gasteiger partial charge >= 0.3 is 0 Å². The molecule has 1 heterocycles. The minimum absolute atomic E-state index is 0.0712. The highest BCUT2D eigenvalue weighted by molar-refractivity contribution is 7.89. The fourth-order valence-electron chi connectivity index (χ4n) is 1.90. The smallest absolute Gasteiger partial charge is 0.241 e. The highest BCUT2D eigenvalue weighted by Crippen LogP contribution is 2.23. The molecular weight excluding hydrogens is 313 g/mol. The van der Waals surface area contributed by atoms with Crippen molar-refractivity contribution in [2.45, 2.75) is 31.3 Å². The Labute approximate surface area is 127 Å². The summed E-state index contributed by atoms with van der Waals surface area (Å²) in [6.45, 7) is 3.19. The Morgan fingerprint density at radius 1 is 1.48 bits per heavy atom. The lowest BCUT2D eigenvalue weighted by Gasteiger charge is -2.15. The van der Waals surface area contributed by atoms with Crippen LogP contribution in [0.15, 0.2) is 28.6 Å². The topological polar surface area (TPSA) is 85.1 Å². The van der Waals surface area contributed by atoms with Crippen LogP contribution in [-0.4, -0.2) is 13.4 Å². The summed E-state index contributed by atoms with van der Waals surface area (Å²) in [6.07, 6.45) is 1.60. The Bertz CT molecular complexity index is 730. The molecule has 1 unspecified atom stereocenters. The third kappa shape index (κ3) is 3.46. The van der Waals surface area contributed by atoms with E-state index in [2.05, 4.69) is 9.71 Å². The maximum Gasteiger partial charge on any atom is 0.241 e. The van der Waals surface area contributed by atoms with E-state index in [1.807, 2.05) is 0 Å². The number of hydrogen-bond donors (Lipinski definition) is 2. The van der Waals surface area contributed by atoms with Gasteiger partial charge in [0, 0.05) is 23.7 Å². The molecular formula is C13H16FN3O2S2. The molecule has 114 valence electrons. The van der Waals surface area contributed by atoms with Crippen LogP contribution >= 0.6 is 11.3 Å². The van der Waals surface area contributed by atoms with Gasteiger partial charge in [-0.2, -0.15) is 0 Å². The predicted octanol–water partition coefficient (Wildman–Crippen LogP) is 2.09. The Kier molecular flexibility index (Phi) is 4.72. The largest absolute Gasteiger partial charge is 0.326 e. The van der Waals surface area contributed by atoms with Gasteiger partial charge in [-0.15, -0.1) is 11.3 Å². The number of benzene rings is 1. The molecule has 5 nitrogen and oxygen atoms in total. The van der Waals surface area contributed by atoms with Crippen LogP contribution in [0, 0.1) is 12.7 Å². The zero-order valence-electron chi connectivity index (χ0n) is 11.6. The first-order valence-corrected chi connectivity index (χ1v) is 8.62. The molecule has 2 rings (SSSR count). The number of hydrogen-bond acceptors (Lipinski definition) is 5. The summed E-state index contributed by atoms with van der Waals surface area (Å²) in [6, 6.07) is 2.16. The number of nitrogens with one attached hydrogen (secondary N) is 1. The molecule has 0 saturated carbocycles. The maximum atomic E-state index is 13.8. The monoisotopic (exact) mass is 329 g/mol. The quantitative estimate of drug-likeness (QED) is 0.879. The van der Waals surface area contributed by atoms with Crippen LogP contribution in [0.5, 0.6) is 0 Å². The lowest BCUT2D eigenvalue weighted by molar-refractivity contribution is 0.560. The molecule has 0 saturated heterocycles. The summed E-state index contributed by atoms with van der Waals surface area (Å²) in [4.78, 5) is 3.97. The first-order valence-electron chi connectivity index (χ1n) is 6.26. The van der Waals surface area contributed by atoms with E-state index in [4.69, 9.17) is 5.73 Å². The van der Waals surface area contributed by atoms with Gasteiger partial charge in [-0.05, 0) is 31.5 Å². The van der Waals surface area contributed by atoms with Crippen LogP contribution in [0.3, 0.4) is 0 Å². The van der Waals surface area contributed by atoms with Gasteiger partial charge in [0.15, 0.2) is 0 Å². The second kappa shape index (κ2) is 6.18. The minimum atomic E-state index is -3.85. The molecule has 1 aromatic heterocycles. The molecule has 0 aliphatic carbocycles. The summed E-state index contributed by atoms with van der Waals surface area (Å²) in [5.41, 5.74) is 5.98. The lowest BCUT2D eigenvalue weighted by Crippen LogP contribution is -2.28. The van der Waals surface area contributed by atoms with Crippen LogP contribution in [0.4, 0.5) is 4.39 Å². The zero-order valence-corrected chi connectivity index (χ0v) is 13.3. The van der Waals surface area contributed by atoms with Gasteiger partial charge in [-0.3, -0.25) is 0 Å². The molecule has 2 aromatic rings. The van der Waals surface area contributed by atoms with Crippen molar-refractivity contribution in [2.24, 2.45) is 5.73 Å². The van der Waals surface area contributed by atoms with Crippen molar-refractivity contribution in [3.8, 4) is 0 Å². The minimum Gasteiger partial charge on any atom is -0.326 e. The molecule has 1 atom stereocenters. The summed E-state index contributed by atoms with van der Waals surface area (Å²) in [7, 11) is -3.85. The fourth-order valence-corrected chi connectivity index (χ4v) is 4.13. The van der Waals surface area contributed by atoms with E-state index in [1.54, 1.807) is 18.5 Å². The average molecular weight is 329 g/mol. The molecule has 8 heteroatoms. The Morgan fingerprint density at radius 3 is 2.76 bits per heavy atom. The van der Waals surface area contributed by atoms with E-state index < -0.39 is 21.9 Å². The molecule has 1 aromatic carbocycles. The number of nitrogens with two attached hydrogens (primary N) is 1. The molecule has 0 radical (unpaired) electrons. The van der Waals surface area contributed by atoms with Crippen molar-refractivity contribution in [3.63, 3.8) is 0 Å². The van der Waals surface area contributed by atoms with Crippen molar-refractivity contribution < 1.29 is 12.8 Å². The Hall–Kier alpha value is -1.35. The number of nitrogens with zero attached hydrogens (tertiary/aromatic N) is 1. The van der Waals surface area contributed by atoms with E-state index in [-0.39, 0.29) is 17.0 Å². The standard InChI is InChI=1S/C13H16FN3O2S2/c1-8-11(14)5-10(7-15)6-12(8)21(18,19)17-9(2)13-16-3-4-20-13/h3-6,9,17H,7,15H2,1-2H3. The molecule has 0 bridgehead atoms. The lowest BCUT2D eigenvalue weighted by atomic mass is 10.1. The first kappa shape index (κ1) is 16.0. The van der Waals surface area contributed by atoms with Crippen molar-refractivity contribution >= 4 is 21.4 Å². The second-order valence-electron chi connectivity index (χ2n) is 4.62. The number of aromatic nitrogens is 1. The Morgan fingerprint density at radius 2 is 2.19 bits per heavy atom. The van der Waals surface area contributed by atoms with E-state index >= 15 is 0 Å². The van der Waals surface area contributed by atoms with Gasteiger partial charge in [-0.25, -0.2) is 22.5 Å². The van der Waals surface area contributed by atoms with Crippen LogP contribution in [0.1, 0.15) is 29.1 Å². The van der Waals surface area contributed by atoms with Crippen LogP contribution < -0.4 is 10.5 Å². The van der Waals surface area contributed by atoms with Gasteiger partial charge in [0.25, 0.3) is 0 Å². The van der Waals surface area contributed by atoms with E-state index in [0.717, 1.165) is 0 Å². The molecule has 0 aliphatic heterocycles. The summed E-state index contributed by atoms with van der Waals surface area (Å²) in [5, 5.41) is 2.41. The number of sulfonamides is 1. The van der Waals surface area contributed by atoms with Gasteiger partial charge in [0.05, 0.1) is 10.9 Å². The van der Waals surface area contributed by atoms with Gasteiger partial charge < -0.3 is 5.73 Å². The predicted molar refractivity (Wildman–Crippen MR) is 79.9 cm³/mol. The second-order valence-corrected chi connectivity index (χ2v) is 7.23. The molecule has 0 aliphatic rings. The number of thiazole rings is 1. The van der Waals surface area contributed by atoms with Crippen molar-refractivity contribution in [1.82, 2.24) is 9.71 Å². The highest BCUT2D eigenvalue weighted by Gasteiger charge is 2.23. The molecule has 3 N–H and O–H groups in total. The normalized spacial score (nSPS) is 13.3. The molecule has 0 amide bonds. The van der Waals surface area contributed by atoms with Crippen LogP contribution in [0.25, 0.3) is 0 Å². The maximum absolute atomic E-state index is 13.8. The highest BCUT2D eigenvalue weighted by atomic mass is 32.2. The van der Waals surface area contributed by atoms with Crippen molar-refractivity contribution in [2.75, 3.05) is 0 Å². The van der Waals surface area contributed by atoms with E-state index in [1.165, 1.54) is 30.4 Å². The summed E-state index contributed by atoms with van der Waals surface area (Å²) in [5.74, 6) is -0.583. The van der Waals surface area contributed by atoms with E-state index in [9.17, 15) is 12.8 Å². The summed E-state index contributed by atoms with van der Waals surface area (Å²) < 4.78 is 41.2. The molecule has 0 fully saturated rings. The fraction of sp³-hybridized carbons (Fsp3) is 0.308. The Balaban J connectivity index is 2.38. The van der Waals surface area contributed by atoms with Gasteiger partial charge in [0.2, 0.25) is 10.0 Å². The van der Waals surface area contributed by atoms with Gasteiger partial charge in [-0.1, -0.05) is 0 Å². The molecule has 21 heavy (non-hydrogen) atoms. The van der Waals surface area contributed by atoms with Gasteiger partial charge in [0.1, 0.15) is 10.8 Å². The summed E-state index contributed by atoms with van der Waals surface area (Å²) >= 11 is 1.35. The van der Waals surface area contributed by atoms with Crippen LogP contribution in [0.2, 0.25) is 0 Å². The third-order valence-corrected chi connectivity index (χ3v) is 5.66. The SMILES string of the molecule is Cc1c(F)cc(CN)cc1S(=O)(=O)NC(C)c1nccs1. The first-order chi connectivity index (χ1) is 9.85. The average Bonchev–Trinajstić information content (AvgIpc) is 2.95. The molecule has 0 spiro atoms. The third-order valence-electron chi connectivity index (χ3n) is 3.04. The number of rotatable bonds is 5. The zero-order chi connectivity index (χ0) is 15.6. The van der Waals surface area contributed by atoms with Crippen molar-refractivity contribution in [3.05, 3.63) is 45.7 Å². The number of halogens is 1. The van der Waals surface area contributed by atoms with Crippen molar-refractivity contribution in [1.29, 1.82) is 0 Å². The van der Waals surface area contributed by atoms with Crippen LogP contribution in [-0.2, 0) is 16.6 Å². The van der Waals surface area contributed by atoms with E-state index in [0.29, 0.717) is 10.6 Å².